The number of aryl methyl sites for hydroxylation is 1. The Morgan fingerprint density at radius 3 is 2.65 bits per heavy atom. The Labute approximate surface area is 217 Å². The highest BCUT2D eigenvalue weighted by molar-refractivity contribution is 5.92. The molecule has 7 N–H and O–H groups in total. The zero-order valence-electron chi connectivity index (χ0n) is 21.9. The lowest BCUT2D eigenvalue weighted by Crippen LogP contribution is -2.56. The average Bonchev–Trinajstić information content (AvgIpc) is 2.87. The third kappa shape index (κ3) is 9.52. The molecule has 0 radical (unpaired) electrons. The molecule has 206 valence electrons. The van der Waals surface area contributed by atoms with Gasteiger partial charge in [-0.15, -0.1) is 0 Å². The summed E-state index contributed by atoms with van der Waals surface area (Å²) in [5.74, 6) is -1.05. The normalized spacial score (nSPS) is 22.5. The number of halogens is 1. The summed E-state index contributed by atoms with van der Waals surface area (Å²) in [4.78, 5) is 44.3. The summed E-state index contributed by atoms with van der Waals surface area (Å²) in [5, 5.41) is 8.79. The van der Waals surface area contributed by atoms with Gasteiger partial charge in [0.25, 0.3) is 0 Å². The molecule has 0 aromatic heterocycles. The van der Waals surface area contributed by atoms with Crippen molar-refractivity contribution in [3.8, 4) is 5.75 Å². The molecule has 2 rings (SSSR count). The number of nitrogens with one attached hydrogen (secondary N) is 3. The Morgan fingerprint density at radius 1 is 1.19 bits per heavy atom. The van der Waals surface area contributed by atoms with Crippen LogP contribution in [0.5, 0.6) is 5.75 Å². The first-order chi connectivity index (χ1) is 17.6. The second kappa shape index (κ2) is 15.0. The predicted octanol–water partition coefficient (Wildman–Crippen LogP) is 0.0204. The van der Waals surface area contributed by atoms with Crippen LogP contribution in [0.2, 0.25) is 0 Å². The molecule has 37 heavy (non-hydrogen) atoms. The number of hydrogen-bond acceptors (Lipinski definition) is 6. The van der Waals surface area contributed by atoms with Gasteiger partial charge in [0.1, 0.15) is 30.3 Å². The fourth-order valence-electron chi connectivity index (χ4n) is 3.96. The molecule has 0 spiro atoms. The summed E-state index contributed by atoms with van der Waals surface area (Å²) in [5.41, 5.74) is 11.5. The lowest BCUT2D eigenvalue weighted by Gasteiger charge is -2.30. The Morgan fingerprint density at radius 2 is 1.95 bits per heavy atom. The van der Waals surface area contributed by atoms with Crippen LogP contribution in [0.15, 0.2) is 23.2 Å². The van der Waals surface area contributed by atoms with E-state index in [1.165, 1.54) is 17.0 Å². The van der Waals surface area contributed by atoms with Crippen LogP contribution in [-0.4, -0.2) is 80.0 Å². The maximum absolute atomic E-state index is 13.8. The van der Waals surface area contributed by atoms with Gasteiger partial charge in [-0.05, 0) is 50.7 Å². The van der Waals surface area contributed by atoms with Crippen molar-refractivity contribution in [2.24, 2.45) is 16.5 Å². The summed E-state index contributed by atoms with van der Waals surface area (Å²) >= 11 is 0. The number of ether oxygens (including phenoxy) is 1. The molecular weight excluding hydrogens is 481 g/mol. The highest BCUT2D eigenvalue weighted by Crippen LogP contribution is 2.21. The minimum absolute atomic E-state index is 0.0461. The molecule has 0 aliphatic carbocycles. The number of amides is 3. The third-order valence-corrected chi connectivity index (χ3v) is 6.29. The molecule has 1 aromatic carbocycles. The number of carbonyl (C=O) groups is 3. The molecule has 12 heteroatoms. The monoisotopic (exact) mass is 521 g/mol. The van der Waals surface area contributed by atoms with Gasteiger partial charge in [-0.2, -0.15) is 0 Å². The van der Waals surface area contributed by atoms with Crippen LogP contribution < -0.4 is 32.2 Å². The number of rotatable bonds is 5. The van der Waals surface area contributed by atoms with Gasteiger partial charge in [0.2, 0.25) is 17.7 Å². The molecule has 3 amide bonds. The van der Waals surface area contributed by atoms with Crippen molar-refractivity contribution in [1.82, 2.24) is 20.9 Å². The number of hydrogen-bond donors (Lipinski definition) is 5. The van der Waals surface area contributed by atoms with Crippen LogP contribution >= 0.6 is 0 Å². The SMILES string of the molecule is CCC1NCCOc2cc(F)ccc2CCCNC(=O)[C@@H](CCCN=C(N)N)NC(=O)[C@@H](C)N(C)C1=O. The first kappa shape index (κ1) is 29.8. The van der Waals surface area contributed by atoms with Gasteiger partial charge in [-0.1, -0.05) is 13.0 Å². The first-order valence-electron chi connectivity index (χ1n) is 12.7. The number of nitrogens with two attached hydrogens (primary N) is 2. The first-order valence-corrected chi connectivity index (χ1v) is 12.7. The average molecular weight is 522 g/mol. The van der Waals surface area contributed by atoms with E-state index in [9.17, 15) is 18.8 Å². The predicted molar refractivity (Wildman–Crippen MR) is 139 cm³/mol. The molecule has 3 atom stereocenters. The van der Waals surface area contributed by atoms with E-state index in [2.05, 4.69) is 20.9 Å². The maximum Gasteiger partial charge on any atom is 0.243 e. The van der Waals surface area contributed by atoms with E-state index in [1.54, 1.807) is 20.0 Å². The van der Waals surface area contributed by atoms with E-state index in [-0.39, 0.29) is 24.4 Å². The number of fused-ring (bicyclic) bond motifs is 1. The molecule has 1 unspecified atom stereocenters. The van der Waals surface area contributed by atoms with Crippen molar-refractivity contribution in [3.05, 3.63) is 29.6 Å². The largest absolute Gasteiger partial charge is 0.492 e. The Hall–Kier alpha value is -3.41. The van der Waals surface area contributed by atoms with Crippen LogP contribution in [0.3, 0.4) is 0 Å². The Kier molecular flexibility index (Phi) is 12.1. The van der Waals surface area contributed by atoms with Gasteiger partial charge >= 0.3 is 0 Å². The van der Waals surface area contributed by atoms with Gasteiger partial charge in [-0.25, -0.2) is 4.39 Å². The number of guanidine groups is 1. The summed E-state index contributed by atoms with van der Waals surface area (Å²) in [7, 11) is 1.55. The quantitative estimate of drug-likeness (QED) is 0.207. The fourth-order valence-corrected chi connectivity index (χ4v) is 3.96. The zero-order chi connectivity index (χ0) is 27.4. The van der Waals surface area contributed by atoms with Crippen molar-refractivity contribution < 1.29 is 23.5 Å². The van der Waals surface area contributed by atoms with Gasteiger partial charge in [0, 0.05) is 32.7 Å². The van der Waals surface area contributed by atoms with Crippen LogP contribution in [0.25, 0.3) is 0 Å². The fraction of sp³-hybridized carbons (Fsp3) is 0.600. The third-order valence-electron chi connectivity index (χ3n) is 6.29. The highest BCUT2D eigenvalue weighted by atomic mass is 19.1. The summed E-state index contributed by atoms with van der Waals surface area (Å²) in [6, 6.07) is 2.22. The van der Waals surface area contributed by atoms with E-state index in [1.807, 2.05) is 6.92 Å². The zero-order valence-corrected chi connectivity index (χ0v) is 21.9. The van der Waals surface area contributed by atoms with Crippen LogP contribution in [-0.2, 0) is 20.8 Å². The Bertz CT molecular complexity index is 955. The van der Waals surface area contributed by atoms with E-state index >= 15 is 0 Å². The van der Waals surface area contributed by atoms with Gasteiger partial charge in [0.15, 0.2) is 5.96 Å². The second-order valence-electron chi connectivity index (χ2n) is 9.05. The number of nitrogens with zero attached hydrogens (tertiary/aromatic N) is 2. The number of likely N-dealkylation sites (N-methyl/N-ethyl adjacent to an activating group) is 1. The number of benzene rings is 1. The maximum atomic E-state index is 13.8. The molecule has 1 heterocycles. The molecular formula is C25H40FN7O4. The molecule has 0 bridgehead atoms. The number of carbonyl (C=O) groups excluding carboxylic acids is 3. The van der Waals surface area contributed by atoms with Gasteiger partial charge in [0.05, 0.1) is 6.04 Å². The molecule has 11 nitrogen and oxygen atoms in total. The van der Waals surface area contributed by atoms with Crippen molar-refractivity contribution in [2.45, 2.75) is 64.1 Å². The second-order valence-corrected chi connectivity index (χ2v) is 9.05. The van der Waals surface area contributed by atoms with E-state index < -0.39 is 29.8 Å². The van der Waals surface area contributed by atoms with E-state index in [0.29, 0.717) is 57.5 Å². The smallest absolute Gasteiger partial charge is 0.243 e. The Balaban J connectivity index is 2.23. The standard InChI is InChI=1S/C25H40FN7O4/c1-4-19-24(36)33(3)16(2)22(34)32-20(8-6-12-31-25(27)28)23(35)30-11-5-7-17-9-10-18(26)15-21(17)37-14-13-29-19/h9-10,15-16,19-20,29H,4-8,11-14H2,1-3H3,(H,30,35)(H,32,34)(H4,27,28,31)/t16-,19?,20-/m1/s1. The lowest BCUT2D eigenvalue weighted by atomic mass is 10.1. The van der Waals surface area contributed by atoms with Gasteiger partial charge in [-0.3, -0.25) is 19.4 Å². The summed E-state index contributed by atoms with van der Waals surface area (Å²) in [6.45, 7) is 4.74. The molecule has 1 aliphatic heterocycles. The van der Waals surface area contributed by atoms with Gasteiger partial charge < -0.3 is 37.1 Å². The lowest BCUT2D eigenvalue weighted by molar-refractivity contribution is -0.141. The van der Waals surface area contributed by atoms with E-state index in [0.717, 1.165) is 5.56 Å². The molecule has 0 fully saturated rings. The molecule has 0 saturated heterocycles. The molecule has 1 aliphatic rings. The minimum Gasteiger partial charge on any atom is -0.492 e. The molecule has 0 saturated carbocycles. The summed E-state index contributed by atoms with van der Waals surface area (Å²) in [6.07, 6.45) is 2.43. The van der Waals surface area contributed by atoms with Crippen LogP contribution in [0.4, 0.5) is 4.39 Å². The minimum atomic E-state index is -0.823. The van der Waals surface area contributed by atoms with Crippen molar-refractivity contribution >= 4 is 23.7 Å². The molecule has 1 aromatic rings. The summed E-state index contributed by atoms with van der Waals surface area (Å²) < 4.78 is 19.7. The van der Waals surface area contributed by atoms with E-state index in [4.69, 9.17) is 16.2 Å². The topological polar surface area (TPSA) is 164 Å². The number of aliphatic imine (C=N–C) groups is 1. The van der Waals surface area contributed by atoms with Crippen LogP contribution in [0.1, 0.15) is 45.1 Å². The van der Waals surface area contributed by atoms with Crippen molar-refractivity contribution in [1.29, 1.82) is 0 Å². The van der Waals surface area contributed by atoms with Crippen molar-refractivity contribution in [3.63, 3.8) is 0 Å². The highest BCUT2D eigenvalue weighted by Gasteiger charge is 2.30. The van der Waals surface area contributed by atoms with Crippen LogP contribution in [0, 0.1) is 5.82 Å². The van der Waals surface area contributed by atoms with Crippen molar-refractivity contribution in [2.75, 3.05) is 33.3 Å².